The molecule has 2 aromatic carbocycles. The zero-order valence-electron chi connectivity index (χ0n) is 15.9. The third-order valence-electron chi connectivity index (χ3n) is 5.14. The number of fused-ring (bicyclic) bond motifs is 1. The summed E-state index contributed by atoms with van der Waals surface area (Å²) >= 11 is 1.29. The number of nitrogens with zero attached hydrogens (tertiary/aromatic N) is 3. The van der Waals surface area contributed by atoms with Crippen molar-refractivity contribution in [1.29, 1.82) is 5.26 Å². The van der Waals surface area contributed by atoms with E-state index in [-0.39, 0.29) is 23.4 Å². The number of carbonyl (C=O) groups is 1. The van der Waals surface area contributed by atoms with Crippen molar-refractivity contribution in [1.82, 2.24) is 15.5 Å². The summed E-state index contributed by atoms with van der Waals surface area (Å²) in [5.74, 6) is -0.116. The number of hydrogen-bond acceptors (Lipinski definition) is 5. The van der Waals surface area contributed by atoms with E-state index in [9.17, 15) is 14.4 Å². The highest BCUT2D eigenvalue weighted by atomic mass is 32.2. The summed E-state index contributed by atoms with van der Waals surface area (Å²) < 4.78 is 13.3. The molecule has 0 aliphatic heterocycles. The van der Waals surface area contributed by atoms with Gasteiger partial charge in [-0.3, -0.25) is 4.79 Å². The van der Waals surface area contributed by atoms with Crippen molar-refractivity contribution >= 4 is 28.4 Å². The van der Waals surface area contributed by atoms with Crippen LogP contribution in [0.1, 0.15) is 19.8 Å². The molecular formula is C22H19FN4OS. The lowest BCUT2D eigenvalue weighted by atomic mass is 9.98. The van der Waals surface area contributed by atoms with Crippen LogP contribution in [0, 0.1) is 23.1 Å². The maximum Gasteiger partial charge on any atom is 0.231 e. The number of benzene rings is 2. The fourth-order valence-corrected chi connectivity index (χ4v) is 4.12. The second-order valence-electron chi connectivity index (χ2n) is 7.33. The first-order valence-corrected chi connectivity index (χ1v) is 10.3. The molecule has 7 heteroatoms. The number of amides is 1. The first kappa shape index (κ1) is 19.3. The SMILES string of the molecule is C[C@](C#N)(NC(=O)CSc1nnc(-c2ccc(F)cc2)c2ccccc12)C1CC1. The fraction of sp³-hybridized carbons (Fsp3) is 0.273. The van der Waals surface area contributed by atoms with Crippen molar-refractivity contribution in [2.45, 2.75) is 30.3 Å². The van der Waals surface area contributed by atoms with Crippen LogP contribution in [0.3, 0.4) is 0 Å². The quantitative estimate of drug-likeness (QED) is 0.616. The lowest BCUT2D eigenvalue weighted by Crippen LogP contribution is -2.47. The van der Waals surface area contributed by atoms with Crippen molar-refractivity contribution in [2.75, 3.05) is 5.75 Å². The number of nitrogens with one attached hydrogen (secondary N) is 1. The number of halogens is 1. The van der Waals surface area contributed by atoms with E-state index >= 15 is 0 Å². The van der Waals surface area contributed by atoms with Crippen molar-refractivity contribution in [3.8, 4) is 17.3 Å². The Morgan fingerprint density at radius 1 is 1.21 bits per heavy atom. The van der Waals surface area contributed by atoms with Crippen molar-refractivity contribution in [3.63, 3.8) is 0 Å². The summed E-state index contributed by atoms with van der Waals surface area (Å²) in [5, 5.41) is 23.3. The van der Waals surface area contributed by atoms with Gasteiger partial charge in [0.05, 0.1) is 11.8 Å². The molecule has 1 saturated carbocycles. The fourth-order valence-electron chi connectivity index (χ4n) is 3.35. The molecule has 29 heavy (non-hydrogen) atoms. The van der Waals surface area contributed by atoms with E-state index in [4.69, 9.17) is 0 Å². The van der Waals surface area contributed by atoms with E-state index in [0.29, 0.717) is 10.7 Å². The average molecular weight is 406 g/mol. The molecule has 0 radical (unpaired) electrons. The molecule has 1 fully saturated rings. The second kappa shape index (κ2) is 7.80. The summed E-state index contributed by atoms with van der Waals surface area (Å²) in [4.78, 5) is 12.4. The summed E-state index contributed by atoms with van der Waals surface area (Å²) in [5.41, 5.74) is 0.636. The van der Waals surface area contributed by atoms with Gasteiger partial charge in [0.15, 0.2) is 0 Å². The van der Waals surface area contributed by atoms with Gasteiger partial charge in [0.2, 0.25) is 5.91 Å². The molecule has 1 atom stereocenters. The van der Waals surface area contributed by atoms with E-state index in [1.807, 2.05) is 24.3 Å². The zero-order valence-corrected chi connectivity index (χ0v) is 16.7. The van der Waals surface area contributed by atoms with Gasteiger partial charge in [0, 0.05) is 16.3 Å². The summed E-state index contributed by atoms with van der Waals surface area (Å²) in [6, 6.07) is 16.0. The predicted molar refractivity (Wildman–Crippen MR) is 111 cm³/mol. The van der Waals surface area contributed by atoms with Crippen LogP contribution in [0.4, 0.5) is 4.39 Å². The normalized spacial score (nSPS) is 15.5. The molecule has 5 nitrogen and oxygen atoms in total. The monoisotopic (exact) mass is 406 g/mol. The van der Waals surface area contributed by atoms with Gasteiger partial charge >= 0.3 is 0 Å². The summed E-state index contributed by atoms with van der Waals surface area (Å²) in [6.45, 7) is 1.78. The highest BCUT2D eigenvalue weighted by Gasteiger charge is 2.42. The standard InChI is InChI=1S/C22H19FN4OS/c1-22(13-24,15-8-9-15)25-19(28)12-29-21-18-5-3-2-4-17(18)20(26-27-21)14-6-10-16(23)11-7-14/h2-7,10-11,15H,8-9,12H2,1H3,(H,25,28)/t22-/m1/s1. The topological polar surface area (TPSA) is 78.7 Å². The molecular weight excluding hydrogens is 387 g/mol. The van der Waals surface area contributed by atoms with Gasteiger partial charge in [-0.25, -0.2) is 4.39 Å². The first-order chi connectivity index (χ1) is 14.0. The Kier molecular flexibility index (Phi) is 5.20. The van der Waals surface area contributed by atoms with Gasteiger partial charge in [-0.05, 0) is 49.9 Å². The van der Waals surface area contributed by atoms with Crippen LogP contribution in [0.2, 0.25) is 0 Å². The van der Waals surface area contributed by atoms with Crippen molar-refractivity contribution < 1.29 is 9.18 Å². The average Bonchev–Trinajstić information content (AvgIpc) is 3.58. The van der Waals surface area contributed by atoms with E-state index in [0.717, 1.165) is 29.2 Å². The number of thioether (sulfide) groups is 1. The van der Waals surface area contributed by atoms with Crippen molar-refractivity contribution in [2.24, 2.45) is 5.92 Å². The van der Waals surface area contributed by atoms with Crippen LogP contribution < -0.4 is 5.32 Å². The summed E-state index contributed by atoms with van der Waals surface area (Å²) in [6.07, 6.45) is 1.94. The highest BCUT2D eigenvalue weighted by Crippen LogP contribution is 2.39. The number of rotatable bonds is 6. The summed E-state index contributed by atoms with van der Waals surface area (Å²) in [7, 11) is 0. The van der Waals surface area contributed by atoms with Gasteiger partial charge in [-0.15, -0.1) is 10.2 Å². The van der Waals surface area contributed by atoms with E-state index < -0.39 is 5.54 Å². The molecule has 1 N–H and O–H groups in total. The number of hydrogen-bond donors (Lipinski definition) is 1. The molecule has 1 aliphatic rings. The Balaban J connectivity index is 1.56. The third kappa shape index (κ3) is 4.08. The third-order valence-corrected chi connectivity index (χ3v) is 6.12. The Morgan fingerprint density at radius 2 is 1.90 bits per heavy atom. The zero-order chi connectivity index (χ0) is 20.4. The van der Waals surface area contributed by atoms with Crippen LogP contribution in [-0.2, 0) is 4.79 Å². The minimum Gasteiger partial charge on any atom is -0.337 e. The number of aromatic nitrogens is 2. The minimum absolute atomic E-state index is 0.151. The first-order valence-electron chi connectivity index (χ1n) is 9.36. The van der Waals surface area contributed by atoms with Crippen LogP contribution in [-0.4, -0.2) is 27.4 Å². The molecule has 0 unspecified atom stereocenters. The molecule has 1 aromatic heterocycles. The van der Waals surface area contributed by atoms with Gasteiger partial charge in [-0.2, -0.15) is 5.26 Å². The van der Waals surface area contributed by atoms with E-state index in [2.05, 4.69) is 21.6 Å². The molecule has 0 saturated heterocycles. The molecule has 146 valence electrons. The Hall–Kier alpha value is -2.98. The second-order valence-corrected chi connectivity index (χ2v) is 8.30. The van der Waals surface area contributed by atoms with Crippen LogP contribution >= 0.6 is 11.8 Å². The lowest BCUT2D eigenvalue weighted by molar-refractivity contribution is -0.119. The Bertz CT molecular complexity index is 1110. The van der Waals surface area contributed by atoms with Crippen LogP contribution in [0.15, 0.2) is 53.6 Å². The molecule has 1 aliphatic carbocycles. The highest BCUT2D eigenvalue weighted by molar-refractivity contribution is 8.00. The van der Waals surface area contributed by atoms with Gasteiger partial charge in [-0.1, -0.05) is 36.0 Å². The molecule has 3 aromatic rings. The molecule has 1 heterocycles. The molecule has 0 spiro atoms. The maximum absolute atomic E-state index is 13.3. The van der Waals surface area contributed by atoms with Crippen LogP contribution in [0.25, 0.3) is 22.0 Å². The van der Waals surface area contributed by atoms with Crippen LogP contribution in [0.5, 0.6) is 0 Å². The van der Waals surface area contributed by atoms with E-state index in [1.54, 1.807) is 19.1 Å². The van der Waals surface area contributed by atoms with Gasteiger partial charge < -0.3 is 5.32 Å². The van der Waals surface area contributed by atoms with Crippen molar-refractivity contribution in [3.05, 3.63) is 54.3 Å². The predicted octanol–water partition coefficient (Wildman–Crippen LogP) is 4.34. The smallest absolute Gasteiger partial charge is 0.231 e. The Labute approximate surface area is 172 Å². The lowest BCUT2D eigenvalue weighted by Gasteiger charge is -2.22. The molecule has 4 rings (SSSR count). The Morgan fingerprint density at radius 3 is 2.55 bits per heavy atom. The number of nitriles is 1. The van der Waals surface area contributed by atoms with Gasteiger partial charge in [0.1, 0.15) is 22.1 Å². The minimum atomic E-state index is -0.808. The number of carbonyl (C=O) groups excluding carboxylic acids is 1. The van der Waals surface area contributed by atoms with Gasteiger partial charge in [0.25, 0.3) is 0 Å². The molecule has 1 amide bonds. The largest absolute Gasteiger partial charge is 0.337 e. The molecule has 0 bridgehead atoms. The maximum atomic E-state index is 13.3. The van der Waals surface area contributed by atoms with E-state index in [1.165, 1.54) is 23.9 Å².